The molecule has 1 aliphatic heterocycles. The zero-order valence-electron chi connectivity index (χ0n) is 6.67. The van der Waals surface area contributed by atoms with Gasteiger partial charge in [-0.2, -0.15) is 12.6 Å². The predicted octanol–water partition coefficient (Wildman–Crippen LogP) is -0.689. The first kappa shape index (κ1) is 9.38. The van der Waals surface area contributed by atoms with E-state index in [0.29, 0.717) is 13.0 Å². The largest absolute Gasteiger partial charge is 0.354 e. The van der Waals surface area contributed by atoms with Gasteiger partial charge in [0.25, 0.3) is 0 Å². The van der Waals surface area contributed by atoms with Crippen LogP contribution < -0.4 is 10.6 Å². The summed E-state index contributed by atoms with van der Waals surface area (Å²) >= 11 is 3.83. The topological polar surface area (TPSA) is 58.2 Å². The van der Waals surface area contributed by atoms with Crippen molar-refractivity contribution in [3.63, 3.8) is 0 Å². The van der Waals surface area contributed by atoms with E-state index in [-0.39, 0.29) is 23.6 Å². The molecule has 1 atom stereocenters. The molecular formula is C7H12N2O2S. The Labute approximate surface area is 76.5 Å². The molecule has 1 fully saturated rings. The second kappa shape index (κ2) is 4.35. The standard InChI is InChI=1S/C7H12N2O2S/c10-6-2-1-5(3-8-6)9-7(11)4-12/h5,12H,1-4H2,(H,8,10)(H,9,11). The highest BCUT2D eigenvalue weighted by Crippen LogP contribution is 2.02. The van der Waals surface area contributed by atoms with Gasteiger partial charge in [-0.15, -0.1) is 0 Å². The summed E-state index contributed by atoms with van der Waals surface area (Å²) in [7, 11) is 0. The maximum Gasteiger partial charge on any atom is 0.230 e. The fourth-order valence-corrected chi connectivity index (χ4v) is 1.22. The van der Waals surface area contributed by atoms with Crippen LogP contribution in [0.5, 0.6) is 0 Å². The van der Waals surface area contributed by atoms with E-state index < -0.39 is 0 Å². The third kappa shape index (κ3) is 2.73. The Kier molecular flexibility index (Phi) is 3.40. The summed E-state index contributed by atoms with van der Waals surface area (Å²) in [6.07, 6.45) is 1.23. The molecule has 12 heavy (non-hydrogen) atoms. The van der Waals surface area contributed by atoms with Gasteiger partial charge < -0.3 is 10.6 Å². The third-order valence-corrected chi connectivity index (χ3v) is 2.06. The van der Waals surface area contributed by atoms with Crippen molar-refractivity contribution < 1.29 is 9.59 Å². The minimum Gasteiger partial charge on any atom is -0.354 e. The summed E-state index contributed by atoms with van der Waals surface area (Å²) in [5, 5.41) is 5.44. The molecule has 1 heterocycles. The molecule has 4 nitrogen and oxygen atoms in total. The number of thiol groups is 1. The molecule has 0 aliphatic carbocycles. The number of carbonyl (C=O) groups is 2. The molecule has 0 bridgehead atoms. The van der Waals surface area contributed by atoms with Crippen LogP contribution in [0.25, 0.3) is 0 Å². The monoisotopic (exact) mass is 188 g/mol. The molecule has 1 rings (SSSR count). The van der Waals surface area contributed by atoms with Crippen LogP contribution in [0.1, 0.15) is 12.8 Å². The third-order valence-electron chi connectivity index (χ3n) is 1.77. The lowest BCUT2D eigenvalue weighted by molar-refractivity contribution is -0.124. The lowest BCUT2D eigenvalue weighted by Gasteiger charge is -2.22. The first-order valence-corrected chi connectivity index (χ1v) is 4.52. The average molecular weight is 188 g/mol. The van der Waals surface area contributed by atoms with Gasteiger partial charge in [-0.3, -0.25) is 9.59 Å². The maximum absolute atomic E-state index is 10.9. The second-order valence-electron chi connectivity index (χ2n) is 2.77. The Morgan fingerprint density at radius 1 is 1.75 bits per heavy atom. The fourth-order valence-electron chi connectivity index (χ4n) is 1.13. The van der Waals surface area contributed by atoms with E-state index in [1.54, 1.807) is 0 Å². The molecule has 0 aromatic carbocycles. The number of hydrogen-bond acceptors (Lipinski definition) is 3. The fraction of sp³-hybridized carbons (Fsp3) is 0.714. The zero-order valence-corrected chi connectivity index (χ0v) is 7.56. The number of rotatable bonds is 2. The van der Waals surface area contributed by atoms with Gasteiger partial charge in [-0.05, 0) is 6.42 Å². The SMILES string of the molecule is O=C1CCC(NC(=O)CS)CN1. The van der Waals surface area contributed by atoms with Crippen molar-refractivity contribution in [3.8, 4) is 0 Å². The van der Waals surface area contributed by atoms with Crippen molar-refractivity contribution in [2.24, 2.45) is 0 Å². The summed E-state index contributed by atoms with van der Waals surface area (Å²) in [6, 6.07) is 0.0855. The highest BCUT2D eigenvalue weighted by Gasteiger charge is 2.18. The quantitative estimate of drug-likeness (QED) is 0.502. The van der Waals surface area contributed by atoms with E-state index >= 15 is 0 Å². The Morgan fingerprint density at radius 2 is 2.50 bits per heavy atom. The van der Waals surface area contributed by atoms with E-state index in [4.69, 9.17) is 0 Å². The summed E-state index contributed by atoms with van der Waals surface area (Å²) in [4.78, 5) is 21.6. The number of hydrogen-bond donors (Lipinski definition) is 3. The summed E-state index contributed by atoms with van der Waals surface area (Å²) in [5.41, 5.74) is 0. The molecular weight excluding hydrogens is 176 g/mol. The van der Waals surface area contributed by atoms with Crippen molar-refractivity contribution in [1.29, 1.82) is 0 Å². The highest BCUT2D eigenvalue weighted by molar-refractivity contribution is 7.81. The zero-order chi connectivity index (χ0) is 8.97. The second-order valence-corrected chi connectivity index (χ2v) is 3.08. The Morgan fingerprint density at radius 3 is 3.00 bits per heavy atom. The lowest BCUT2D eigenvalue weighted by Crippen LogP contribution is -2.48. The Balaban J connectivity index is 2.26. The van der Waals surface area contributed by atoms with E-state index in [9.17, 15) is 9.59 Å². The Hall–Kier alpha value is -0.710. The lowest BCUT2D eigenvalue weighted by atomic mass is 10.1. The summed E-state index contributed by atoms with van der Waals surface area (Å²) in [6.45, 7) is 0.540. The van der Waals surface area contributed by atoms with Crippen LogP contribution in [0.2, 0.25) is 0 Å². The smallest absolute Gasteiger partial charge is 0.230 e. The van der Waals surface area contributed by atoms with Crippen molar-refractivity contribution in [3.05, 3.63) is 0 Å². The summed E-state index contributed by atoms with van der Waals surface area (Å²) < 4.78 is 0. The van der Waals surface area contributed by atoms with Crippen LogP contribution in [0, 0.1) is 0 Å². The van der Waals surface area contributed by atoms with Crippen LogP contribution in [0.4, 0.5) is 0 Å². The van der Waals surface area contributed by atoms with Gasteiger partial charge >= 0.3 is 0 Å². The molecule has 0 aromatic heterocycles. The summed E-state index contributed by atoms with van der Waals surface area (Å²) in [5.74, 6) is 0.176. The van der Waals surface area contributed by atoms with E-state index in [1.165, 1.54) is 0 Å². The molecule has 0 aromatic rings. The molecule has 1 unspecified atom stereocenters. The number of amides is 2. The van der Waals surface area contributed by atoms with Crippen LogP contribution in [0.15, 0.2) is 0 Å². The first-order chi connectivity index (χ1) is 5.72. The van der Waals surface area contributed by atoms with Crippen molar-refractivity contribution in [2.75, 3.05) is 12.3 Å². The van der Waals surface area contributed by atoms with Gasteiger partial charge in [0.2, 0.25) is 11.8 Å². The number of carbonyl (C=O) groups excluding carboxylic acids is 2. The Bertz CT molecular complexity index is 186. The molecule has 0 saturated carbocycles. The molecule has 2 amide bonds. The number of piperidine rings is 1. The van der Waals surface area contributed by atoms with Gasteiger partial charge in [-0.25, -0.2) is 0 Å². The number of nitrogens with one attached hydrogen (secondary N) is 2. The van der Waals surface area contributed by atoms with Gasteiger partial charge in [0.1, 0.15) is 0 Å². The van der Waals surface area contributed by atoms with Gasteiger partial charge in [0.15, 0.2) is 0 Å². The first-order valence-electron chi connectivity index (χ1n) is 3.89. The highest BCUT2D eigenvalue weighted by atomic mass is 32.1. The molecule has 1 saturated heterocycles. The normalized spacial score (nSPS) is 23.1. The van der Waals surface area contributed by atoms with Crippen molar-refractivity contribution >= 4 is 24.4 Å². The molecule has 1 aliphatic rings. The molecule has 68 valence electrons. The van der Waals surface area contributed by atoms with Crippen molar-refractivity contribution in [1.82, 2.24) is 10.6 Å². The van der Waals surface area contributed by atoms with Crippen LogP contribution in [0.3, 0.4) is 0 Å². The molecule has 0 radical (unpaired) electrons. The molecule has 0 spiro atoms. The van der Waals surface area contributed by atoms with Crippen LogP contribution in [-0.4, -0.2) is 30.2 Å². The predicted molar refractivity (Wildman–Crippen MR) is 48.0 cm³/mol. The van der Waals surface area contributed by atoms with Crippen LogP contribution >= 0.6 is 12.6 Å². The minimum atomic E-state index is -0.0838. The van der Waals surface area contributed by atoms with E-state index in [1.807, 2.05) is 0 Å². The molecule has 5 heteroatoms. The maximum atomic E-state index is 10.9. The van der Waals surface area contributed by atoms with E-state index in [2.05, 4.69) is 23.3 Å². The minimum absolute atomic E-state index is 0.0615. The van der Waals surface area contributed by atoms with Gasteiger partial charge in [0, 0.05) is 19.0 Å². The van der Waals surface area contributed by atoms with Crippen LogP contribution in [-0.2, 0) is 9.59 Å². The average Bonchev–Trinajstić information content (AvgIpc) is 2.09. The van der Waals surface area contributed by atoms with E-state index in [0.717, 1.165) is 6.42 Å². The van der Waals surface area contributed by atoms with Crippen molar-refractivity contribution in [2.45, 2.75) is 18.9 Å². The van der Waals surface area contributed by atoms with Gasteiger partial charge in [0.05, 0.1) is 5.75 Å². The van der Waals surface area contributed by atoms with Gasteiger partial charge in [-0.1, -0.05) is 0 Å². The molecule has 2 N–H and O–H groups in total.